The normalized spacial score (nSPS) is 11.2. The number of aliphatic carboxylic acids is 1. The number of carboxylic acid groups (broad SMARTS) is 1. The molecule has 0 fully saturated rings. The van der Waals surface area contributed by atoms with Crippen molar-refractivity contribution in [3.63, 3.8) is 0 Å². The first-order valence-electron chi connectivity index (χ1n) is 4.30. The minimum absolute atomic E-state index is 0.132. The lowest BCUT2D eigenvalue weighted by Crippen LogP contribution is -2.13. The van der Waals surface area contributed by atoms with Gasteiger partial charge in [-0.15, -0.1) is 6.58 Å². The van der Waals surface area contributed by atoms with Crippen LogP contribution in [0, 0.1) is 5.41 Å². The second-order valence-electron chi connectivity index (χ2n) is 3.89. The molecule has 0 heterocycles. The fourth-order valence-electron chi connectivity index (χ4n) is 1.06. The minimum atomic E-state index is -0.707. The molecule has 0 saturated carbocycles. The Morgan fingerprint density at radius 1 is 1.50 bits per heavy atom. The monoisotopic (exact) mass is 170 g/mol. The largest absolute Gasteiger partial charge is 0.481 e. The maximum atomic E-state index is 10.3. The Morgan fingerprint density at radius 3 is 2.50 bits per heavy atom. The molecule has 0 atom stereocenters. The van der Waals surface area contributed by atoms with E-state index in [0.29, 0.717) is 0 Å². The van der Waals surface area contributed by atoms with Crippen molar-refractivity contribution in [2.75, 3.05) is 0 Å². The Hall–Kier alpha value is -0.790. The average molecular weight is 170 g/mol. The number of carboxylic acids is 1. The Balaban J connectivity index is 3.69. The quantitative estimate of drug-likeness (QED) is 0.622. The average Bonchev–Trinajstić information content (AvgIpc) is 1.98. The van der Waals surface area contributed by atoms with Gasteiger partial charge in [-0.25, -0.2) is 0 Å². The first-order valence-corrected chi connectivity index (χ1v) is 4.30. The van der Waals surface area contributed by atoms with E-state index < -0.39 is 5.97 Å². The predicted molar refractivity (Wildman–Crippen MR) is 50.1 cm³/mol. The van der Waals surface area contributed by atoms with Crippen molar-refractivity contribution in [2.24, 2.45) is 5.41 Å². The fraction of sp³-hybridized carbons (Fsp3) is 0.700. The van der Waals surface area contributed by atoms with Crippen molar-refractivity contribution in [1.29, 1.82) is 0 Å². The minimum Gasteiger partial charge on any atom is -0.481 e. The van der Waals surface area contributed by atoms with Crippen molar-refractivity contribution in [1.82, 2.24) is 0 Å². The zero-order chi connectivity index (χ0) is 9.61. The second-order valence-corrected chi connectivity index (χ2v) is 3.89. The molecule has 0 aliphatic carbocycles. The molecule has 0 aliphatic rings. The lowest BCUT2D eigenvalue weighted by Gasteiger charge is -2.22. The van der Waals surface area contributed by atoms with E-state index in [0.717, 1.165) is 19.3 Å². The van der Waals surface area contributed by atoms with Crippen LogP contribution in [0.25, 0.3) is 0 Å². The van der Waals surface area contributed by atoms with Crippen molar-refractivity contribution in [3.05, 3.63) is 12.7 Å². The van der Waals surface area contributed by atoms with Crippen LogP contribution in [0.2, 0.25) is 0 Å². The van der Waals surface area contributed by atoms with Crippen LogP contribution in [0.1, 0.15) is 39.5 Å². The third kappa shape index (κ3) is 5.96. The molecule has 2 heteroatoms. The van der Waals surface area contributed by atoms with Gasteiger partial charge in [0, 0.05) is 6.42 Å². The Bertz CT molecular complexity index is 159. The van der Waals surface area contributed by atoms with E-state index in [9.17, 15) is 4.79 Å². The molecule has 0 saturated heterocycles. The van der Waals surface area contributed by atoms with Gasteiger partial charge in [0.25, 0.3) is 0 Å². The molecule has 0 aromatic rings. The third-order valence-corrected chi connectivity index (χ3v) is 2.04. The zero-order valence-corrected chi connectivity index (χ0v) is 7.97. The highest BCUT2D eigenvalue weighted by Gasteiger charge is 2.17. The summed E-state index contributed by atoms with van der Waals surface area (Å²) in [6.45, 7) is 7.84. The Morgan fingerprint density at radius 2 is 2.08 bits per heavy atom. The molecule has 0 aromatic carbocycles. The summed E-state index contributed by atoms with van der Waals surface area (Å²) in [5, 5.41) is 8.48. The van der Waals surface area contributed by atoms with E-state index >= 15 is 0 Å². The molecular weight excluding hydrogens is 152 g/mol. The zero-order valence-electron chi connectivity index (χ0n) is 7.97. The maximum absolute atomic E-state index is 10.3. The van der Waals surface area contributed by atoms with Crippen molar-refractivity contribution < 1.29 is 9.90 Å². The molecule has 70 valence electrons. The molecule has 0 amide bonds. The van der Waals surface area contributed by atoms with E-state index in [1.54, 1.807) is 0 Å². The van der Waals surface area contributed by atoms with Gasteiger partial charge in [0.05, 0.1) is 0 Å². The molecule has 12 heavy (non-hydrogen) atoms. The second kappa shape index (κ2) is 4.96. The van der Waals surface area contributed by atoms with Crippen molar-refractivity contribution in [2.45, 2.75) is 39.5 Å². The summed E-state index contributed by atoms with van der Waals surface area (Å²) in [5.41, 5.74) is 0.132. The van der Waals surface area contributed by atoms with Crippen molar-refractivity contribution >= 4 is 5.97 Å². The molecule has 0 spiro atoms. The van der Waals surface area contributed by atoms with Gasteiger partial charge in [0.2, 0.25) is 0 Å². The van der Waals surface area contributed by atoms with E-state index in [4.69, 9.17) is 5.11 Å². The summed E-state index contributed by atoms with van der Waals surface area (Å²) in [6.07, 6.45) is 4.87. The molecule has 0 aromatic heterocycles. The standard InChI is InChI=1S/C10H18O2/c1-4-5-7-10(2,3)8-6-9(11)12/h4H,1,5-8H2,2-3H3,(H,11,12). The SMILES string of the molecule is C=CCCC(C)(C)CCC(=O)O. The summed E-state index contributed by atoms with van der Waals surface area (Å²) < 4.78 is 0. The molecular formula is C10H18O2. The van der Waals surface area contributed by atoms with Gasteiger partial charge in [-0.2, -0.15) is 0 Å². The van der Waals surface area contributed by atoms with Crippen LogP contribution in [0.4, 0.5) is 0 Å². The van der Waals surface area contributed by atoms with Gasteiger partial charge in [-0.05, 0) is 24.7 Å². The topological polar surface area (TPSA) is 37.3 Å². The molecule has 2 nitrogen and oxygen atoms in total. The van der Waals surface area contributed by atoms with Gasteiger partial charge >= 0.3 is 5.97 Å². The molecule has 0 radical (unpaired) electrons. The fourth-order valence-corrected chi connectivity index (χ4v) is 1.06. The van der Waals surface area contributed by atoms with Crippen LogP contribution in [0.5, 0.6) is 0 Å². The number of hydrogen-bond acceptors (Lipinski definition) is 1. The van der Waals surface area contributed by atoms with Crippen LogP contribution in [0.3, 0.4) is 0 Å². The Kier molecular flexibility index (Phi) is 4.64. The summed E-state index contributed by atoms with van der Waals surface area (Å²) in [4.78, 5) is 10.3. The lowest BCUT2D eigenvalue weighted by molar-refractivity contribution is -0.137. The third-order valence-electron chi connectivity index (χ3n) is 2.04. The van der Waals surface area contributed by atoms with Gasteiger partial charge in [-0.3, -0.25) is 4.79 Å². The van der Waals surface area contributed by atoms with Crippen LogP contribution in [-0.4, -0.2) is 11.1 Å². The molecule has 0 rings (SSSR count). The number of carbonyl (C=O) groups is 1. The van der Waals surface area contributed by atoms with E-state index in [1.807, 2.05) is 6.08 Å². The molecule has 0 bridgehead atoms. The predicted octanol–water partition coefficient (Wildman–Crippen LogP) is 2.84. The van der Waals surface area contributed by atoms with Crippen LogP contribution in [-0.2, 0) is 4.79 Å². The molecule has 0 unspecified atom stereocenters. The highest BCUT2D eigenvalue weighted by Crippen LogP contribution is 2.28. The summed E-state index contributed by atoms with van der Waals surface area (Å²) in [7, 11) is 0. The lowest BCUT2D eigenvalue weighted by atomic mass is 9.83. The number of allylic oxidation sites excluding steroid dienone is 1. The van der Waals surface area contributed by atoms with E-state index in [-0.39, 0.29) is 11.8 Å². The molecule has 0 aliphatic heterocycles. The first-order chi connectivity index (χ1) is 5.48. The number of rotatable bonds is 6. The van der Waals surface area contributed by atoms with Crippen LogP contribution >= 0.6 is 0 Å². The summed E-state index contributed by atoms with van der Waals surface area (Å²) in [6, 6.07) is 0. The first kappa shape index (κ1) is 11.2. The number of hydrogen-bond donors (Lipinski definition) is 1. The van der Waals surface area contributed by atoms with E-state index in [1.165, 1.54) is 0 Å². The van der Waals surface area contributed by atoms with Crippen LogP contribution < -0.4 is 0 Å². The summed E-state index contributed by atoms with van der Waals surface area (Å²) in [5.74, 6) is -0.707. The maximum Gasteiger partial charge on any atom is 0.303 e. The summed E-state index contributed by atoms with van der Waals surface area (Å²) >= 11 is 0. The molecule has 1 N–H and O–H groups in total. The van der Waals surface area contributed by atoms with Gasteiger partial charge in [0.15, 0.2) is 0 Å². The van der Waals surface area contributed by atoms with Crippen molar-refractivity contribution in [3.8, 4) is 0 Å². The van der Waals surface area contributed by atoms with Gasteiger partial charge < -0.3 is 5.11 Å². The smallest absolute Gasteiger partial charge is 0.303 e. The van der Waals surface area contributed by atoms with E-state index in [2.05, 4.69) is 20.4 Å². The highest BCUT2D eigenvalue weighted by atomic mass is 16.4. The van der Waals surface area contributed by atoms with Gasteiger partial charge in [-0.1, -0.05) is 19.9 Å². The van der Waals surface area contributed by atoms with Crippen LogP contribution in [0.15, 0.2) is 12.7 Å². The highest BCUT2D eigenvalue weighted by molar-refractivity contribution is 5.66. The Labute approximate surface area is 74.3 Å². The van der Waals surface area contributed by atoms with Gasteiger partial charge in [0.1, 0.15) is 0 Å².